The Labute approximate surface area is 143 Å². The van der Waals surface area contributed by atoms with Crippen LogP contribution in [0.3, 0.4) is 0 Å². The number of hydrogen-bond acceptors (Lipinski definition) is 4. The largest absolute Gasteiger partial charge is 0.493 e. The zero-order valence-corrected chi connectivity index (χ0v) is 15.1. The highest BCUT2D eigenvalue weighted by molar-refractivity contribution is 7.89. The molecular weight excluding hydrogens is 336 g/mol. The molecule has 0 spiro atoms. The maximum atomic E-state index is 12.7. The van der Waals surface area contributed by atoms with Crippen molar-refractivity contribution in [2.45, 2.75) is 31.2 Å². The molecule has 5 nitrogen and oxygen atoms in total. The zero-order valence-electron chi connectivity index (χ0n) is 13.5. The summed E-state index contributed by atoms with van der Waals surface area (Å²) in [6.45, 7) is 6.13. The molecule has 0 aliphatic heterocycles. The normalized spacial score (nSPS) is 12.0. The summed E-state index contributed by atoms with van der Waals surface area (Å²) >= 11 is 0. The number of fused-ring (bicyclic) bond motifs is 1. The number of benzene rings is 2. The van der Waals surface area contributed by atoms with Crippen LogP contribution in [0, 0.1) is 0 Å². The van der Waals surface area contributed by atoms with E-state index in [1.807, 2.05) is 25.1 Å². The van der Waals surface area contributed by atoms with E-state index in [2.05, 4.69) is 4.72 Å². The lowest BCUT2D eigenvalue weighted by Crippen LogP contribution is -2.48. The molecule has 0 aromatic heterocycles. The van der Waals surface area contributed by atoms with Gasteiger partial charge in [0, 0.05) is 22.9 Å². The molecule has 0 atom stereocenters. The highest BCUT2D eigenvalue weighted by Crippen LogP contribution is 2.31. The molecule has 0 heterocycles. The van der Waals surface area contributed by atoms with E-state index in [4.69, 9.17) is 10.5 Å². The van der Waals surface area contributed by atoms with Crippen molar-refractivity contribution in [1.82, 2.24) is 4.72 Å². The predicted octanol–water partition coefficient (Wildman–Crippen LogP) is 2.68. The molecule has 0 fully saturated rings. The van der Waals surface area contributed by atoms with Gasteiger partial charge in [0.15, 0.2) is 0 Å². The van der Waals surface area contributed by atoms with Crippen molar-refractivity contribution >= 4 is 33.2 Å². The fourth-order valence-corrected chi connectivity index (χ4v) is 3.86. The average molecular weight is 359 g/mol. The van der Waals surface area contributed by atoms with Crippen molar-refractivity contribution in [2.75, 3.05) is 13.2 Å². The minimum atomic E-state index is -3.67. The molecule has 2 aromatic carbocycles. The third-order valence-electron chi connectivity index (χ3n) is 3.35. The second-order valence-corrected chi connectivity index (χ2v) is 7.38. The highest BCUT2D eigenvalue weighted by Gasteiger charge is 2.26. The van der Waals surface area contributed by atoms with E-state index in [1.165, 1.54) is 0 Å². The van der Waals surface area contributed by atoms with Gasteiger partial charge in [-0.25, -0.2) is 13.1 Å². The lowest BCUT2D eigenvalue weighted by molar-refractivity contribution is 0.344. The SMILES string of the molecule is CCOc1ccc(S(=O)(=O)NC(C)(C)CN)c2ccccc12.Cl. The smallest absolute Gasteiger partial charge is 0.241 e. The second-order valence-electron chi connectivity index (χ2n) is 5.73. The van der Waals surface area contributed by atoms with Gasteiger partial charge in [-0.2, -0.15) is 0 Å². The number of sulfonamides is 1. The van der Waals surface area contributed by atoms with E-state index in [1.54, 1.807) is 32.0 Å². The van der Waals surface area contributed by atoms with Gasteiger partial charge in [-0.1, -0.05) is 24.3 Å². The molecule has 2 rings (SSSR count). The van der Waals surface area contributed by atoms with Crippen LogP contribution in [0.1, 0.15) is 20.8 Å². The van der Waals surface area contributed by atoms with Crippen molar-refractivity contribution in [1.29, 1.82) is 0 Å². The number of rotatable bonds is 6. The standard InChI is InChI=1S/C16H22N2O3S.ClH/c1-4-21-14-9-10-15(13-8-6-5-7-12(13)14)22(19,20)18-16(2,3)11-17;/h5-10,18H,4,11,17H2,1-3H3;1H. The van der Waals surface area contributed by atoms with Crippen molar-refractivity contribution in [3.63, 3.8) is 0 Å². The fourth-order valence-electron chi connectivity index (χ4n) is 2.22. The summed E-state index contributed by atoms with van der Waals surface area (Å²) in [4.78, 5) is 0.230. The summed E-state index contributed by atoms with van der Waals surface area (Å²) in [6, 6.07) is 10.6. The van der Waals surface area contributed by atoms with Crippen LogP contribution in [0.15, 0.2) is 41.3 Å². The van der Waals surface area contributed by atoms with Gasteiger partial charge in [0.2, 0.25) is 10.0 Å². The second kappa shape index (κ2) is 7.49. The summed E-state index contributed by atoms with van der Waals surface area (Å²) in [7, 11) is -3.67. The first kappa shape index (κ1) is 19.7. The topological polar surface area (TPSA) is 81.4 Å². The maximum absolute atomic E-state index is 12.7. The van der Waals surface area contributed by atoms with Gasteiger partial charge in [-0.05, 0) is 32.9 Å². The molecule has 0 aliphatic rings. The van der Waals surface area contributed by atoms with Crippen molar-refractivity contribution < 1.29 is 13.2 Å². The Balaban J connectivity index is 0.00000264. The van der Waals surface area contributed by atoms with Crippen LogP contribution in [-0.2, 0) is 10.0 Å². The predicted molar refractivity (Wildman–Crippen MR) is 95.8 cm³/mol. The summed E-state index contributed by atoms with van der Waals surface area (Å²) < 4.78 is 33.6. The summed E-state index contributed by atoms with van der Waals surface area (Å²) in [5, 5.41) is 1.41. The minimum absolute atomic E-state index is 0. The Morgan fingerprint density at radius 2 is 1.74 bits per heavy atom. The molecule has 7 heteroatoms. The van der Waals surface area contributed by atoms with E-state index in [9.17, 15) is 8.42 Å². The Kier molecular flexibility index (Phi) is 6.41. The highest BCUT2D eigenvalue weighted by atomic mass is 35.5. The van der Waals surface area contributed by atoms with E-state index in [-0.39, 0.29) is 23.8 Å². The molecule has 3 N–H and O–H groups in total. The fraction of sp³-hybridized carbons (Fsp3) is 0.375. The molecule has 23 heavy (non-hydrogen) atoms. The van der Waals surface area contributed by atoms with Crippen LogP contribution < -0.4 is 15.2 Å². The van der Waals surface area contributed by atoms with Gasteiger partial charge in [0.1, 0.15) is 5.75 Å². The lowest BCUT2D eigenvalue weighted by atomic mass is 10.1. The molecular formula is C16H23ClN2O3S. The van der Waals surface area contributed by atoms with Gasteiger partial charge in [0.25, 0.3) is 0 Å². The Morgan fingerprint density at radius 1 is 1.13 bits per heavy atom. The van der Waals surface area contributed by atoms with Gasteiger partial charge < -0.3 is 10.5 Å². The van der Waals surface area contributed by atoms with Crippen LogP contribution in [0.5, 0.6) is 5.75 Å². The third kappa shape index (κ3) is 4.35. The van der Waals surface area contributed by atoms with E-state index < -0.39 is 15.6 Å². The molecule has 0 amide bonds. The Hall–Kier alpha value is -1.34. The quantitative estimate of drug-likeness (QED) is 0.831. The van der Waals surface area contributed by atoms with Gasteiger partial charge in [0.05, 0.1) is 11.5 Å². The molecule has 0 radical (unpaired) electrons. The number of nitrogens with two attached hydrogens (primary N) is 1. The van der Waals surface area contributed by atoms with Crippen LogP contribution in [0.2, 0.25) is 0 Å². The van der Waals surface area contributed by atoms with E-state index >= 15 is 0 Å². The van der Waals surface area contributed by atoms with E-state index in [0.29, 0.717) is 17.7 Å². The Morgan fingerprint density at radius 3 is 2.30 bits per heavy atom. The average Bonchev–Trinajstić information content (AvgIpc) is 2.46. The first-order chi connectivity index (χ1) is 10.3. The monoisotopic (exact) mass is 358 g/mol. The van der Waals surface area contributed by atoms with Crippen LogP contribution in [0.4, 0.5) is 0 Å². The molecule has 0 aliphatic carbocycles. The van der Waals surface area contributed by atoms with Crippen LogP contribution in [0.25, 0.3) is 10.8 Å². The van der Waals surface area contributed by atoms with Crippen molar-refractivity contribution in [3.05, 3.63) is 36.4 Å². The van der Waals surface area contributed by atoms with Crippen LogP contribution in [-0.4, -0.2) is 27.1 Å². The lowest BCUT2D eigenvalue weighted by Gasteiger charge is -2.24. The first-order valence-electron chi connectivity index (χ1n) is 7.19. The van der Waals surface area contributed by atoms with Crippen molar-refractivity contribution in [3.8, 4) is 5.75 Å². The molecule has 128 valence electrons. The summed E-state index contributed by atoms with van der Waals surface area (Å²) in [5.74, 6) is 0.676. The number of hydrogen-bond donors (Lipinski definition) is 2. The molecule has 0 saturated carbocycles. The molecule has 2 aromatic rings. The summed E-state index contributed by atoms with van der Waals surface area (Å²) in [5.41, 5.74) is 4.91. The van der Waals surface area contributed by atoms with Gasteiger partial charge in [-0.3, -0.25) is 0 Å². The van der Waals surface area contributed by atoms with Gasteiger partial charge in [-0.15, -0.1) is 12.4 Å². The third-order valence-corrected chi connectivity index (χ3v) is 5.11. The van der Waals surface area contributed by atoms with Crippen LogP contribution >= 0.6 is 12.4 Å². The first-order valence-corrected chi connectivity index (χ1v) is 8.67. The van der Waals surface area contributed by atoms with Crippen molar-refractivity contribution in [2.24, 2.45) is 5.73 Å². The molecule has 0 saturated heterocycles. The molecule has 0 unspecified atom stereocenters. The number of nitrogens with one attached hydrogen (secondary N) is 1. The number of ether oxygens (including phenoxy) is 1. The maximum Gasteiger partial charge on any atom is 0.241 e. The summed E-state index contributed by atoms with van der Waals surface area (Å²) in [6.07, 6.45) is 0. The minimum Gasteiger partial charge on any atom is -0.493 e. The Bertz CT molecular complexity index is 776. The molecule has 0 bridgehead atoms. The van der Waals surface area contributed by atoms with E-state index in [0.717, 1.165) is 5.39 Å². The number of halogens is 1. The van der Waals surface area contributed by atoms with Gasteiger partial charge >= 0.3 is 0 Å². The zero-order chi connectivity index (χ0) is 16.4.